The number of nitrogens with one attached hydrogen (secondary N) is 1. The van der Waals surface area contributed by atoms with Gasteiger partial charge in [0.1, 0.15) is 5.60 Å². The Morgan fingerprint density at radius 3 is 2.83 bits per heavy atom. The van der Waals surface area contributed by atoms with Crippen LogP contribution in [0.5, 0.6) is 0 Å². The molecule has 1 amide bonds. The van der Waals surface area contributed by atoms with Crippen LogP contribution in [0.15, 0.2) is 30.3 Å². The first-order chi connectivity index (χ1) is 11.5. The molecule has 24 heavy (non-hydrogen) atoms. The zero-order valence-corrected chi connectivity index (χ0v) is 14.6. The Labute approximate surface area is 144 Å². The molecule has 5 heteroatoms. The number of β-amino-alcohol motifs (C(OH)–C–C–N with tert-alkyl or cyclic N) is 1. The Bertz CT molecular complexity index is 509. The molecule has 1 heterocycles. The monoisotopic (exact) mass is 334 g/mol. The predicted molar refractivity (Wildman–Crippen MR) is 94.7 cm³/mol. The minimum absolute atomic E-state index is 0.0396. The van der Waals surface area contributed by atoms with Crippen molar-refractivity contribution in [3.8, 4) is 0 Å². The number of nitrogens with zero attached hydrogens (tertiary/aromatic N) is 1. The van der Waals surface area contributed by atoms with E-state index in [1.165, 1.54) is 0 Å². The number of carbonyl (C=O) groups excluding carboxylic acids is 1. The number of piperidine rings is 1. The van der Waals surface area contributed by atoms with Crippen molar-refractivity contribution in [3.63, 3.8) is 0 Å². The number of amides is 1. The molecule has 1 aromatic rings. The van der Waals surface area contributed by atoms with Crippen molar-refractivity contribution in [2.75, 3.05) is 26.2 Å². The molecule has 0 bridgehead atoms. The van der Waals surface area contributed by atoms with Gasteiger partial charge in [0.25, 0.3) is 0 Å². The van der Waals surface area contributed by atoms with Gasteiger partial charge in [-0.15, -0.1) is 0 Å². The van der Waals surface area contributed by atoms with Gasteiger partial charge in [-0.1, -0.05) is 43.7 Å². The predicted octanol–water partition coefficient (Wildman–Crippen LogP) is 1.33. The van der Waals surface area contributed by atoms with Gasteiger partial charge in [0.15, 0.2) is 0 Å². The van der Waals surface area contributed by atoms with Gasteiger partial charge >= 0.3 is 0 Å². The van der Waals surface area contributed by atoms with Crippen molar-refractivity contribution in [2.45, 2.75) is 50.7 Å². The van der Waals surface area contributed by atoms with E-state index in [1.54, 1.807) is 4.90 Å². The zero-order chi connectivity index (χ0) is 17.4. The highest BCUT2D eigenvalue weighted by Crippen LogP contribution is 2.22. The number of aliphatic hydroxyl groups excluding tert-OH is 1. The second-order valence-corrected chi connectivity index (χ2v) is 6.74. The summed E-state index contributed by atoms with van der Waals surface area (Å²) in [4.78, 5) is 14.1. The third kappa shape index (κ3) is 5.30. The highest BCUT2D eigenvalue weighted by molar-refractivity contribution is 5.76. The number of hydrogen-bond acceptors (Lipinski definition) is 4. The highest BCUT2D eigenvalue weighted by Gasteiger charge is 2.41. The summed E-state index contributed by atoms with van der Waals surface area (Å²) in [7, 11) is 0. The molecule has 134 valence electrons. The Balaban J connectivity index is 1.85. The molecule has 1 fully saturated rings. The molecule has 1 aliphatic heterocycles. The number of unbranched alkanes of at least 4 members (excludes halogenated alkanes) is 1. The second-order valence-electron chi connectivity index (χ2n) is 6.74. The van der Waals surface area contributed by atoms with Crippen LogP contribution in [-0.4, -0.2) is 58.9 Å². The van der Waals surface area contributed by atoms with Crippen molar-refractivity contribution < 1.29 is 15.0 Å². The van der Waals surface area contributed by atoms with Crippen LogP contribution >= 0.6 is 0 Å². The van der Waals surface area contributed by atoms with E-state index < -0.39 is 11.7 Å². The van der Waals surface area contributed by atoms with E-state index in [4.69, 9.17) is 0 Å². The summed E-state index contributed by atoms with van der Waals surface area (Å²) in [6.07, 6.45) is 2.88. The lowest BCUT2D eigenvalue weighted by Gasteiger charge is -2.43. The summed E-state index contributed by atoms with van der Waals surface area (Å²) < 4.78 is 0. The van der Waals surface area contributed by atoms with Gasteiger partial charge in [0.2, 0.25) is 5.91 Å². The Morgan fingerprint density at radius 2 is 2.12 bits per heavy atom. The number of benzene rings is 1. The van der Waals surface area contributed by atoms with E-state index in [-0.39, 0.29) is 12.5 Å². The van der Waals surface area contributed by atoms with Gasteiger partial charge < -0.3 is 20.4 Å². The van der Waals surface area contributed by atoms with E-state index in [0.29, 0.717) is 32.4 Å². The van der Waals surface area contributed by atoms with E-state index in [2.05, 4.69) is 12.2 Å². The third-order valence-corrected chi connectivity index (χ3v) is 4.72. The van der Waals surface area contributed by atoms with Crippen molar-refractivity contribution >= 4 is 5.91 Å². The molecule has 2 rings (SSSR count). The van der Waals surface area contributed by atoms with Gasteiger partial charge in [-0.05, 0) is 31.4 Å². The van der Waals surface area contributed by atoms with Crippen LogP contribution in [0.25, 0.3) is 0 Å². The molecule has 0 aromatic heterocycles. The molecule has 0 saturated carbocycles. The molecular formula is C19H30N2O3. The molecular weight excluding hydrogens is 304 g/mol. The standard InChI is InChI=1S/C19H30N2O3/c1-2-3-12-20-14-19(24)15-21(13-11-17(19)22)18(23)10-9-16-7-5-4-6-8-16/h4-8,17,20,22,24H,2-3,9-15H2,1H3/t17-,19+/m1/s1. The highest BCUT2D eigenvalue weighted by atomic mass is 16.3. The second kappa shape index (κ2) is 9.16. The fourth-order valence-electron chi connectivity index (χ4n) is 3.11. The molecule has 1 aliphatic rings. The Morgan fingerprint density at radius 1 is 1.38 bits per heavy atom. The Hall–Kier alpha value is -1.43. The maximum atomic E-state index is 12.5. The molecule has 0 aliphatic carbocycles. The average molecular weight is 334 g/mol. The lowest BCUT2D eigenvalue weighted by atomic mass is 9.89. The summed E-state index contributed by atoms with van der Waals surface area (Å²) in [5.74, 6) is 0.0396. The minimum atomic E-state index is -1.26. The number of rotatable bonds is 8. The van der Waals surface area contributed by atoms with Gasteiger partial charge in [-0.3, -0.25) is 4.79 Å². The first-order valence-corrected chi connectivity index (χ1v) is 8.98. The maximum Gasteiger partial charge on any atom is 0.223 e. The number of hydrogen-bond donors (Lipinski definition) is 3. The lowest BCUT2D eigenvalue weighted by Crippen LogP contribution is -2.62. The zero-order valence-electron chi connectivity index (χ0n) is 14.6. The molecule has 0 radical (unpaired) electrons. The van der Waals surface area contributed by atoms with Crippen molar-refractivity contribution in [2.24, 2.45) is 0 Å². The normalized spacial score (nSPS) is 24.1. The maximum absolute atomic E-state index is 12.5. The lowest BCUT2D eigenvalue weighted by molar-refractivity contribution is -0.150. The van der Waals surface area contributed by atoms with Gasteiger partial charge in [-0.25, -0.2) is 0 Å². The molecule has 1 aromatic carbocycles. The molecule has 5 nitrogen and oxygen atoms in total. The number of aliphatic hydroxyl groups is 2. The SMILES string of the molecule is CCCCNC[C@]1(O)CN(C(=O)CCc2ccccc2)CC[C@H]1O. The van der Waals surface area contributed by atoms with E-state index in [9.17, 15) is 15.0 Å². The number of likely N-dealkylation sites (tertiary alicyclic amines) is 1. The molecule has 2 atom stereocenters. The number of aryl methyl sites for hydroxylation is 1. The summed E-state index contributed by atoms with van der Waals surface area (Å²) >= 11 is 0. The van der Waals surface area contributed by atoms with Crippen molar-refractivity contribution in [3.05, 3.63) is 35.9 Å². The minimum Gasteiger partial charge on any atom is -0.390 e. The van der Waals surface area contributed by atoms with E-state index in [1.807, 2.05) is 30.3 Å². The van der Waals surface area contributed by atoms with Gasteiger partial charge in [0, 0.05) is 19.5 Å². The van der Waals surface area contributed by atoms with Crippen molar-refractivity contribution in [1.29, 1.82) is 0 Å². The quantitative estimate of drug-likeness (QED) is 0.627. The first kappa shape index (κ1) is 18.9. The van der Waals surface area contributed by atoms with Crippen LogP contribution < -0.4 is 5.32 Å². The van der Waals surface area contributed by atoms with Gasteiger partial charge in [0.05, 0.1) is 12.6 Å². The summed E-state index contributed by atoms with van der Waals surface area (Å²) in [6.45, 7) is 3.94. The van der Waals surface area contributed by atoms with Crippen molar-refractivity contribution in [1.82, 2.24) is 10.2 Å². The topological polar surface area (TPSA) is 72.8 Å². The summed E-state index contributed by atoms with van der Waals surface area (Å²) in [5, 5.41) is 24.1. The molecule has 1 saturated heterocycles. The molecule has 0 spiro atoms. The Kier molecular flexibility index (Phi) is 7.21. The molecule has 3 N–H and O–H groups in total. The average Bonchev–Trinajstić information content (AvgIpc) is 2.60. The van der Waals surface area contributed by atoms with Crippen LogP contribution in [0, 0.1) is 0 Å². The van der Waals surface area contributed by atoms with Crippen LogP contribution in [0.1, 0.15) is 38.2 Å². The van der Waals surface area contributed by atoms with E-state index >= 15 is 0 Å². The molecule has 0 unspecified atom stereocenters. The summed E-state index contributed by atoms with van der Waals surface area (Å²) in [6, 6.07) is 9.93. The fraction of sp³-hybridized carbons (Fsp3) is 0.632. The largest absolute Gasteiger partial charge is 0.390 e. The van der Waals surface area contributed by atoms with Gasteiger partial charge in [-0.2, -0.15) is 0 Å². The smallest absolute Gasteiger partial charge is 0.223 e. The van der Waals surface area contributed by atoms with Crippen LogP contribution in [-0.2, 0) is 11.2 Å². The summed E-state index contributed by atoms with van der Waals surface area (Å²) in [5.41, 5.74) is -0.117. The van der Waals surface area contributed by atoms with Crippen LogP contribution in [0.3, 0.4) is 0 Å². The third-order valence-electron chi connectivity index (χ3n) is 4.72. The fourth-order valence-corrected chi connectivity index (χ4v) is 3.11. The van der Waals surface area contributed by atoms with Crippen LogP contribution in [0.4, 0.5) is 0 Å². The van der Waals surface area contributed by atoms with E-state index in [0.717, 1.165) is 24.9 Å². The van der Waals surface area contributed by atoms with Crippen LogP contribution in [0.2, 0.25) is 0 Å². The number of carbonyl (C=O) groups is 1. The first-order valence-electron chi connectivity index (χ1n) is 8.98.